The number of furan rings is 1. The maximum absolute atomic E-state index is 12.9. The summed E-state index contributed by atoms with van der Waals surface area (Å²) in [7, 11) is 0. The number of carboxylic acid groups (broad SMARTS) is 1. The van der Waals surface area contributed by atoms with Crippen LogP contribution < -0.4 is 0 Å². The smallest absolute Gasteiger partial charge is 0.323 e. The van der Waals surface area contributed by atoms with Crippen molar-refractivity contribution < 1.29 is 23.9 Å². The molecule has 2 amide bonds. The van der Waals surface area contributed by atoms with Crippen LogP contribution >= 0.6 is 0 Å². The van der Waals surface area contributed by atoms with Crippen LogP contribution in [0.4, 0.5) is 0 Å². The number of aliphatic carboxylic acids is 1. The second-order valence-corrected chi connectivity index (χ2v) is 7.02. The van der Waals surface area contributed by atoms with Gasteiger partial charge >= 0.3 is 5.97 Å². The number of carbonyl (C=O) groups is 3. The van der Waals surface area contributed by atoms with Crippen LogP contribution in [0.1, 0.15) is 42.3 Å². The average Bonchev–Trinajstić information content (AvgIpc) is 2.91. The van der Waals surface area contributed by atoms with Crippen molar-refractivity contribution in [2.45, 2.75) is 39.2 Å². The van der Waals surface area contributed by atoms with Gasteiger partial charge in [0.05, 0.1) is 0 Å². The fraction of sp³-hybridized carbons (Fsp3) is 0.450. The molecule has 1 fully saturated rings. The quantitative estimate of drug-likeness (QED) is 0.891. The molecule has 2 aromatic rings. The molecule has 1 unspecified atom stereocenters. The van der Waals surface area contributed by atoms with E-state index in [1.54, 1.807) is 11.0 Å². The van der Waals surface area contributed by atoms with Gasteiger partial charge in [-0.1, -0.05) is 18.2 Å². The van der Waals surface area contributed by atoms with E-state index in [2.05, 4.69) is 0 Å². The summed E-state index contributed by atoms with van der Waals surface area (Å²) in [6, 6.07) is 7.37. The van der Waals surface area contributed by atoms with E-state index in [1.165, 1.54) is 11.8 Å². The Morgan fingerprint density at radius 1 is 1.26 bits per heavy atom. The first-order valence-corrected chi connectivity index (χ1v) is 9.14. The Morgan fingerprint density at radius 2 is 2.04 bits per heavy atom. The fourth-order valence-corrected chi connectivity index (χ4v) is 3.71. The zero-order valence-corrected chi connectivity index (χ0v) is 15.6. The van der Waals surface area contributed by atoms with Crippen LogP contribution in [0.2, 0.25) is 0 Å². The summed E-state index contributed by atoms with van der Waals surface area (Å²) in [6.45, 7) is 4.03. The third-order valence-electron chi connectivity index (χ3n) is 5.09. The number of likely N-dealkylation sites (tertiary alicyclic amines) is 1. The number of aryl methyl sites for hydroxylation is 1. The van der Waals surface area contributed by atoms with Gasteiger partial charge in [-0.3, -0.25) is 14.4 Å². The lowest BCUT2D eigenvalue weighted by atomic mass is 10.1. The maximum Gasteiger partial charge on any atom is 0.323 e. The molecule has 1 aromatic carbocycles. The highest BCUT2D eigenvalue weighted by atomic mass is 16.4. The number of para-hydroxylation sites is 1. The Bertz CT molecular complexity index is 872. The van der Waals surface area contributed by atoms with Crippen LogP contribution in [0.25, 0.3) is 11.0 Å². The number of carbonyl (C=O) groups excluding carboxylic acids is 2. The molecule has 1 aromatic heterocycles. The van der Waals surface area contributed by atoms with Gasteiger partial charge in [0.1, 0.15) is 12.1 Å². The molecule has 7 heteroatoms. The van der Waals surface area contributed by atoms with Crippen molar-refractivity contribution in [3.05, 3.63) is 35.6 Å². The molecule has 1 N–H and O–H groups in total. The molecule has 0 bridgehead atoms. The van der Waals surface area contributed by atoms with Gasteiger partial charge in [-0.25, -0.2) is 0 Å². The highest BCUT2D eigenvalue weighted by Crippen LogP contribution is 2.25. The molecular weight excluding hydrogens is 348 g/mol. The monoisotopic (exact) mass is 372 g/mol. The summed E-state index contributed by atoms with van der Waals surface area (Å²) in [4.78, 5) is 38.9. The maximum atomic E-state index is 12.9. The number of rotatable bonds is 4. The summed E-state index contributed by atoms with van der Waals surface area (Å²) in [5, 5.41) is 9.94. The van der Waals surface area contributed by atoms with Crippen molar-refractivity contribution in [3.63, 3.8) is 0 Å². The van der Waals surface area contributed by atoms with Crippen LogP contribution in [-0.2, 0) is 9.59 Å². The zero-order chi connectivity index (χ0) is 19.6. The molecule has 144 valence electrons. The fourth-order valence-electron chi connectivity index (χ4n) is 3.71. The van der Waals surface area contributed by atoms with E-state index in [0.717, 1.165) is 16.5 Å². The minimum Gasteiger partial charge on any atom is -0.480 e. The van der Waals surface area contributed by atoms with Gasteiger partial charge in [0.25, 0.3) is 5.91 Å². The molecule has 27 heavy (non-hydrogen) atoms. The largest absolute Gasteiger partial charge is 0.480 e. The average molecular weight is 372 g/mol. The highest BCUT2D eigenvalue weighted by molar-refractivity contribution is 5.96. The van der Waals surface area contributed by atoms with Gasteiger partial charge in [-0.15, -0.1) is 0 Å². The van der Waals surface area contributed by atoms with Crippen LogP contribution in [0, 0.1) is 6.92 Å². The topological polar surface area (TPSA) is 91.1 Å². The van der Waals surface area contributed by atoms with Crippen molar-refractivity contribution in [1.82, 2.24) is 9.80 Å². The molecular formula is C20H24N2O5. The van der Waals surface area contributed by atoms with Gasteiger partial charge in [0, 0.05) is 31.4 Å². The Hall–Kier alpha value is -2.83. The van der Waals surface area contributed by atoms with E-state index in [0.29, 0.717) is 38.1 Å². The lowest BCUT2D eigenvalue weighted by Gasteiger charge is -2.28. The second kappa shape index (κ2) is 7.82. The van der Waals surface area contributed by atoms with E-state index < -0.39 is 5.97 Å². The normalized spacial score (nSPS) is 17.6. The van der Waals surface area contributed by atoms with E-state index in [4.69, 9.17) is 9.52 Å². The Morgan fingerprint density at radius 3 is 2.70 bits per heavy atom. The Kier molecular flexibility index (Phi) is 5.48. The van der Waals surface area contributed by atoms with Crippen molar-refractivity contribution in [3.8, 4) is 0 Å². The van der Waals surface area contributed by atoms with E-state index in [1.807, 2.05) is 25.1 Å². The molecule has 1 aliphatic rings. The molecule has 0 radical (unpaired) electrons. The van der Waals surface area contributed by atoms with Gasteiger partial charge in [-0.2, -0.15) is 0 Å². The number of hydrogen-bond donors (Lipinski definition) is 1. The molecule has 1 atom stereocenters. The summed E-state index contributed by atoms with van der Waals surface area (Å²) in [5.41, 5.74) is 1.70. The molecule has 3 rings (SSSR count). The molecule has 2 heterocycles. The SMILES string of the molecule is CC(=O)N(CC(=O)O)C1CCCN(C(=O)c2cc3cccc(C)c3o2)CC1. The van der Waals surface area contributed by atoms with Gasteiger partial charge in [0.15, 0.2) is 5.76 Å². The third kappa shape index (κ3) is 4.13. The van der Waals surface area contributed by atoms with Crippen molar-refractivity contribution in [2.75, 3.05) is 19.6 Å². The summed E-state index contributed by atoms with van der Waals surface area (Å²) < 4.78 is 5.79. The zero-order valence-electron chi connectivity index (χ0n) is 15.6. The van der Waals surface area contributed by atoms with Gasteiger partial charge < -0.3 is 19.3 Å². The van der Waals surface area contributed by atoms with E-state index >= 15 is 0 Å². The van der Waals surface area contributed by atoms with Crippen LogP contribution in [0.3, 0.4) is 0 Å². The lowest BCUT2D eigenvalue weighted by molar-refractivity contribution is -0.145. The van der Waals surface area contributed by atoms with Crippen molar-refractivity contribution >= 4 is 28.8 Å². The van der Waals surface area contributed by atoms with Gasteiger partial charge in [0.2, 0.25) is 5.91 Å². The Labute approximate surface area is 157 Å². The predicted octanol–water partition coefficient (Wildman–Crippen LogP) is 2.67. The molecule has 0 spiro atoms. The molecule has 1 saturated heterocycles. The number of hydrogen-bond acceptors (Lipinski definition) is 4. The third-order valence-corrected chi connectivity index (χ3v) is 5.09. The molecule has 0 aliphatic carbocycles. The van der Waals surface area contributed by atoms with E-state index in [-0.39, 0.29) is 24.4 Å². The summed E-state index contributed by atoms with van der Waals surface area (Å²) in [6.07, 6.45) is 1.94. The number of amides is 2. The number of nitrogens with zero attached hydrogens (tertiary/aromatic N) is 2. The van der Waals surface area contributed by atoms with Crippen molar-refractivity contribution in [2.24, 2.45) is 0 Å². The molecule has 0 saturated carbocycles. The minimum absolute atomic E-state index is 0.168. The van der Waals surface area contributed by atoms with Crippen LogP contribution in [0.5, 0.6) is 0 Å². The summed E-state index contributed by atoms with van der Waals surface area (Å²) >= 11 is 0. The van der Waals surface area contributed by atoms with Crippen LogP contribution in [-0.4, -0.2) is 58.4 Å². The molecule has 7 nitrogen and oxygen atoms in total. The van der Waals surface area contributed by atoms with E-state index in [9.17, 15) is 14.4 Å². The Balaban J connectivity index is 1.73. The first-order valence-electron chi connectivity index (χ1n) is 9.14. The predicted molar refractivity (Wildman–Crippen MR) is 99.5 cm³/mol. The second-order valence-electron chi connectivity index (χ2n) is 7.02. The highest BCUT2D eigenvalue weighted by Gasteiger charge is 2.29. The summed E-state index contributed by atoms with van der Waals surface area (Å²) in [5.74, 6) is -1.14. The first-order chi connectivity index (χ1) is 12.9. The van der Waals surface area contributed by atoms with Gasteiger partial charge in [-0.05, 0) is 37.8 Å². The molecule has 1 aliphatic heterocycles. The first kappa shape index (κ1) is 18.9. The van der Waals surface area contributed by atoms with Crippen LogP contribution in [0.15, 0.2) is 28.7 Å². The minimum atomic E-state index is -1.03. The number of benzene rings is 1. The van der Waals surface area contributed by atoms with Crippen molar-refractivity contribution in [1.29, 1.82) is 0 Å². The number of carboxylic acids is 1. The lowest BCUT2D eigenvalue weighted by Crippen LogP contribution is -2.43. The standard InChI is InChI=1S/C20H24N2O5/c1-13-5-3-6-15-11-17(27-19(13)15)20(26)21-9-4-7-16(8-10-21)22(14(2)23)12-18(24)25/h3,5-6,11,16H,4,7-10,12H2,1-2H3,(H,24,25). The number of fused-ring (bicyclic) bond motifs is 1.